The normalized spacial score (nSPS) is 10.3. The van der Waals surface area contributed by atoms with Gasteiger partial charge in [0, 0.05) is 18.3 Å². The molecule has 96 valence electrons. The zero-order valence-corrected chi connectivity index (χ0v) is 9.74. The smallest absolute Gasteiger partial charge is 0.328 e. The summed E-state index contributed by atoms with van der Waals surface area (Å²) in [5, 5.41) is 13.1. The van der Waals surface area contributed by atoms with Crippen molar-refractivity contribution in [3.05, 3.63) is 41.7 Å². The fourth-order valence-corrected chi connectivity index (χ4v) is 1.16. The third-order valence-corrected chi connectivity index (χ3v) is 2.07. The lowest BCUT2D eigenvalue weighted by molar-refractivity contribution is -0.131. The lowest BCUT2D eigenvalue weighted by Gasteiger charge is -2.06. The highest BCUT2D eigenvalue weighted by Gasteiger charge is 2.02. The van der Waals surface area contributed by atoms with E-state index in [-0.39, 0.29) is 6.54 Å². The number of aryl methyl sites for hydroxylation is 1. The Morgan fingerprint density at radius 3 is 2.78 bits per heavy atom. The van der Waals surface area contributed by atoms with Crippen LogP contribution in [0.2, 0.25) is 0 Å². The van der Waals surface area contributed by atoms with Gasteiger partial charge in [-0.15, -0.1) is 0 Å². The van der Waals surface area contributed by atoms with E-state index >= 15 is 0 Å². The third-order valence-electron chi connectivity index (χ3n) is 2.07. The molecule has 1 aromatic rings. The number of anilines is 1. The number of rotatable bonds is 4. The topological polar surface area (TPSA) is 78.4 Å². The number of halogens is 1. The van der Waals surface area contributed by atoms with Crippen LogP contribution in [0, 0.1) is 12.7 Å². The standard InChI is InChI=1S/C12H13FN2O3/c1-8-4-5-9(7-10(8)13)15-12(18)14-6-2-3-11(16)17/h2-5,7H,6H2,1H3,(H,16,17)(H2,14,15,18)/b3-2+. The number of amides is 2. The molecule has 1 aromatic carbocycles. The summed E-state index contributed by atoms with van der Waals surface area (Å²) in [7, 11) is 0. The predicted molar refractivity (Wildman–Crippen MR) is 64.9 cm³/mol. The van der Waals surface area contributed by atoms with Gasteiger partial charge in [-0.05, 0) is 24.6 Å². The van der Waals surface area contributed by atoms with Crippen molar-refractivity contribution in [1.29, 1.82) is 0 Å². The van der Waals surface area contributed by atoms with Gasteiger partial charge in [0.15, 0.2) is 0 Å². The second-order valence-corrected chi connectivity index (χ2v) is 3.54. The number of hydrogen-bond acceptors (Lipinski definition) is 2. The predicted octanol–water partition coefficient (Wildman–Crippen LogP) is 1.90. The molecule has 0 saturated carbocycles. The first-order valence-electron chi connectivity index (χ1n) is 5.19. The van der Waals surface area contributed by atoms with Crippen LogP contribution in [0.3, 0.4) is 0 Å². The molecule has 2 amide bonds. The van der Waals surface area contributed by atoms with E-state index in [2.05, 4.69) is 10.6 Å². The molecular formula is C12H13FN2O3. The largest absolute Gasteiger partial charge is 0.478 e. The summed E-state index contributed by atoms with van der Waals surface area (Å²) in [5.74, 6) is -1.49. The van der Waals surface area contributed by atoms with Crippen molar-refractivity contribution in [3.8, 4) is 0 Å². The molecule has 0 aliphatic rings. The minimum atomic E-state index is -1.09. The van der Waals surface area contributed by atoms with Crippen LogP contribution in [0.1, 0.15) is 5.56 Å². The van der Waals surface area contributed by atoms with Crippen LogP contribution in [-0.4, -0.2) is 23.7 Å². The lowest BCUT2D eigenvalue weighted by atomic mass is 10.2. The van der Waals surface area contributed by atoms with Gasteiger partial charge in [0.1, 0.15) is 5.82 Å². The van der Waals surface area contributed by atoms with Gasteiger partial charge in [0.25, 0.3) is 0 Å². The summed E-state index contributed by atoms with van der Waals surface area (Å²) in [6, 6.07) is 3.80. The number of hydrogen-bond donors (Lipinski definition) is 3. The highest BCUT2D eigenvalue weighted by atomic mass is 19.1. The Kier molecular flexibility index (Phi) is 4.86. The Labute approximate surface area is 103 Å². The van der Waals surface area contributed by atoms with Crippen LogP contribution >= 0.6 is 0 Å². The molecule has 0 atom stereocenters. The Hall–Kier alpha value is -2.37. The fraction of sp³-hybridized carbons (Fsp3) is 0.167. The van der Waals surface area contributed by atoms with Gasteiger partial charge in [-0.2, -0.15) is 0 Å². The highest BCUT2D eigenvalue weighted by molar-refractivity contribution is 5.89. The van der Waals surface area contributed by atoms with Crippen LogP contribution in [0.15, 0.2) is 30.4 Å². The van der Waals surface area contributed by atoms with Crippen molar-refractivity contribution in [3.63, 3.8) is 0 Å². The van der Waals surface area contributed by atoms with E-state index in [0.717, 1.165) is 6.08 Å². The first kappa shape index (κ1) is 13.7. The van der Waals surface area contributed by atoms with Gasteiger partial charge in [-0.1, -0.05) is 12.1 Å². The van der Waals surface area contributed by atoms with Crippen molar-refractivity contribution in [2.24, 2.45) is 0 Å². The van der Waals surface area contributed by atoms with Crippen LogP contribution in [0.5, 0.6) is 0 Å². The maximum absolute atomic E-state index is 13.2. The first-order chi connectivity index (χ1) is 8.49. The molecule has 0 saturated heterocycles. The average Bonchev–Trinajstić information content (AvgIpc) is 2.29. The molecule has 0 radical (unpaired) electrons. The highest BCUT2D eigenvalue weighted by Crippen LogP contribution is 2.13. The van der Waals surface area contributed by atoms with E-state index in [1.165, 1.54) is 12.1 Å². The monoisotopic (exact) mass is 252 g/mol. The summed E-state index contributed by atoms with van der Waals surface area (Å²) in [4.78, 5) is 21.5. The van der Waals surface area contributed by atoms with Gasteiger partial charge in [-0.25, -0.2) is 14.0 Å². The molecule has 0 aliphatic heterocycles. The van der Waals surface area contributed by atoms with Gasteiger partial charge in [0.2, 0.25) is 0 Å². The van der Waals surface area contributed by atoms with Crippen molar-refractivity contribution in [2.75, 3.05) is 11.9 Å². The number of nitrogens with one attached hydrogen (secondary N) is 2. The number of carbonyl (C=O) groups excluding carboxylic acids is 1. The number of carboxylic acid groups (broad SMARTS) is 1. The number of carbonyl (C=O) groups is 2. The van der Waals surface area contributed by atoms with Gasteiger partial charge in [0.05, 0.1) is 0 Å². The quantitative estimate of drug-likeness (QED) is 0.716. The third kappa shape index (κ3) is 4.65. The summed E-state index contributed by atoms with van der Waals surface area (Å²) in [6.45, 7) is 1.70. The molecule has 0 heterocycles. The molecule has 0 bridgehead atoms. The van der Waals surface area contributed by atoms with E-state index in [1.807, 2.05) is 0 Å². The Morgan fingerprint density at radius 1 is 1.44 bits per heavy atom. The summed E-state index contributed by atoms with van der Waals surface area (Å²) in [6.07, 6.45) is 2.21. The molecule has 5 nitrogen and oxygen atoms in total. The van der Waals surface area contributed by atoms with Crippen molar-refractivity contribution < 1.29 is 19.1 Å². The van der Waals surface area contributed by atoms with Crippen molar-refractivity contribution in [1.82, 2.24) is 5.32 Å². The Morgan fingerprint density at radius 2 is 2.17 bits per heavy atom. The minimum absolute atomic E-state index is 0.0759. The number of benzene rings is 1. The molecule has 1 rings (SSSR count). The Bertz CT molecular complexity index is 486. The number of aliphatic carboxylic acids is 1. The van der Waals surface area contributed by atoms with E-state index in [4.69, 9.17) is 5.11 Å². The Balaban J connectivity index is 2.44. The van der Waals surface area contributed by atoms with E-state index in [1.54, 1.807) is 19.1 Å². The van der Waals surface area contributed by atoms with E-state index < -0.39 is 17.8 Å². The molecule has 3 N–H and O–H groups in total. The lowest BCUT2D eigenvalue weighted by Crippen LogP contribution is -2.28. The average molecular weight is 252 g/mol. The van der Waals surface area contributed by atoms with E-state index in [9.17, 15) is 14.0 Å². The van der Waals surface area contributed by atoms with Crippen LogP contribution in [-0.2, 0) is 4.79 Å². The molecule has 0 aliphatic carbocycles. The van der Waals surface area contributed by atoms with Crippen LogP contribution in [0.25, 0.3) is 0 Å². The van der Waals surface area contributed by atoms with Gasteiger partial charge >= 0.3 is 12.0 Å². The first-order valence-corrected chi connectivity index (χ1v) is 5.19. The molecule has 0 spiro atoms. The second-order valence-electron chi connectivity index (χ2n) is 3.54. The molecular weight excluding hydrogens is 239 g/mol. The maximum atomic E-state index is 13.2. The zero-order chi connectivity index (χ0) is 13.5. The fourth-order valence-electron chi connectivity index (χ4n) is 1.16. The minimum Gasteiger partial charge on any atom is -0.478 e. The van der Waals surface area contributed by atoms with Crippen LogP contribution in [0.4, 0.5) is 14.9 Å². The summed E-state index contributed by atoms with van der Waals surface area (Å²) >= 11 is 0. The number of urea groups is 1. The summed E-state index contributed by atoms with van der Waals surface area (Å²) in [5.41, 5.74) is 0.822. The second kappa shape index (κ2) is 6.39. The molecule has 6 heteroatoms. The van der Waals surface area contributed by atoms with Gasteiger partial charge < -0.3 is 15.7 Å². The molecule has 0 fully saturated rings. The van der Waals surface area contributed by atoms with Crippen molar-refractivity contribution >= 4 is 17.7 Å². The maximum Gasteiger partial charge on any atom is 0.328 e. The van der Waals surface area contributed by atoms with Gasteiger partial charge in [-0.3, -0.25) is 0 Å². The summed E-state index contributed by atoms with van der Waals surface area (Å²) < 4.78 is 13.2. The number of carboxylic acids is 1. The van der Waals surface area contributed by atoms with E-state index in [0.29, 0.717) is 11.3 Å². The molecule has 18 heavy (non-hydrogen) atoms. The molecule has 0 unspecified atom stereocenters. The van der Waals surface area contributed by atoms with Crippen LogP contribution < -0.4 is 10.6 Å². The molecule has 0 aromatic heterocycles. The zero-order valence-electron chi connectivity index (χ0n) is 9.74. The SMILES string of the molecule is Cc1ccc(NC(=O)NC/C=C/C(=O)O)cc1F. The van der Waals surface area contributed by atoms with Crippen molar-refractivity contribution in [2.45, 2.75) is 6.92 Å².